The molecule has 1 aromatic rings. The minimum atomic E-state index is -0.112. The minimum Gasteiger partial charge on any atom is -0.350 e. The molecule has 2 aliphatic rings. The number of piperidine rings is 1. The van der Waals surface area contributed by atoms with Crippen molar-refractivity contribution < 1.29 is 14.3 Å². The van der Waals surface area contributed by atoms with Crippen molar-refractivity contribution in [3.8, 4) is 0 Å². The molecule has 4 heteroatoms. The summed E-state index contributed by atoms with van der Waals surface area (Å²) in [5.74, 6) is 0.537. The molecular formula is C18H25NO3. The van der Waals surface area contributed by atoms with Gasteiger partial charge in [0.15, 0.2) is 6.29 Å². The molecule has 22 heavy (non-hydrogen) atoms. The summed E-state index contributed by atoms with van der Waals surface area (Å²) >= 11 is 0. The maximum absolute atomic E-state index is 12.5. The molecule has 1 aromatic carbocycles. The van der Waals surface area contributed by atoms with Crippen LogP contribution in [-0.4, -0.2) is 43.4 Å². The van der Waals surface area contributed by atoms with E-state index >= 15 is 0 Å². The van der Waals surface area contributed by atoms with E-state index in [4.69, 9.17) is 9.47 Å². The second kappa shape index (κ2) is 7.25. The van der Waals surface area contributed by atoms with Crippen LogP contribution in [-0.2, 0) is 27.1 Å². The zero-order valence-corrected chi connectivity index (χ0v) is 13.3. The summed E-state index contributed by atoms with van der Waals surface area (Å²) in [7, 11) is 0. The monoisotopic (exact) mass is 303 g/mol. The fourth-order valence-electron chi connectivity index (χ4n) is 3.29. The van der Waals surface area contributed by atoms with E-state index in [9.17, 15) is 4.79 Å². The van der Waals surface area contributed by atoms with E-state index in [-0.39, 0.29) is 12.2 Å². The third-order valence-electron chi connectivity index (χ3n) is 4.63. The van der Waals surface area contributed by atoms with E-state index in [1.165, 1.54) is 5.56 Å². The zero-order chi connectivity index (χ0) is 15.4. The summed E-state index contributed by atoms with van der Waals surface area (Å²) in [5.41, 5.74) is 2.41. The molecule has 120 valence electrons. The maximum atomic E-state index is 12.5. The van der Waals surface area contributed by atoms with Gasteiger partial charge in [0, 0.05) is 19.0 Å². The first-order chi connectivity index (χ1) is 10.8. The quantitative estimate of drug-likeness (QED) is 0.857. The molecule has 2 heterocycles. The van der Waals surface area contributed by atoms with Gasteiger partial charge in [0.2, 0.25) is 5.91 Å². The number of carbonyl (C=O) groups excluding carboxylic acids is 1. The number of rotatable bonds is 4. The van der Waals surface area contributed by atoms with Gasteiger partial charge in [-0.05, 0) is 30.4 Å². The van der Waals surface area contributed by atoms with Crippen LogP contribution in [0.25, 0.3) is 0 Å². The molecule has 2 fully saturated rings. The first kappa shape index (κ1) is 15.5. The smallest absolute Gasteiger partial charge is 0.227 e. The molecule has 0 unspecified atom stereocenters. The molecule has 0 spiro atoms. The fourth-order valence-corrected chi connectivity index (χ4v) is 3.29. The molecule has 1 atom stereocenters. The minimum absolute atomic E-state index is 0.112. The van der Waals surface area contributed by atoms with Crippen LogP contribution in [0.15, 0.2) is 24.3 Å². The van der Waals surface area contributed by atoms with Gasteiger partial charge in [-0.15, -0.1) is 0 Å². The van der Waals surface area contributed by atoms with Crippen molar-refractivity contribution in [2.24, 2.45) is 5.92 Å². The van der Waals surface area contributed by atoms with Crippen LogP contribution in [0.5, 0.6) is 0 Å². The van der Waals surface area contributed by atoms with Gasteiger partial charge in [-0.3, -0.25) is 4.79 Å². The number of carbonyl (C=O) groups is 1. The van der Waals surface area contributed by atoms with E-state index < -0.39 is 0 Å². The molecule has 1 amide bonds. The zero-order valence-electron chi connectivity index (χ0n) is 13.3. The molecular weight excluding hydrogens is 278 g/mol. The number of ether oxygens (including phenoxy) is 2. The molecule has 0 N–H and O–H groups in total. The van der Waals surface area contributed by atoms with Gasteiger partial charge in [0.25, 0.3) is 0 Å². The first-order valence-corrected chi connectivity index (χ1v) is 8.35. The van der Waals surface area contributed by atoms with Crippen molar-refractivity contribution in [2.75, 3.05) is 26.3 Å². The number of hydrogen-bond acceptors (Lipinski definition) is 3. The highest BCUT2D eigenvalue weighted by molar-refractivity contribution is 5.78. The van der Waals surface area contributed by atoms with Crippen LogP contribution >= 0.6 is 0 Å². The second-order valence-electron chi connectivity index (χ2n) is 6.20. The highest BCUT2D eigenvalue weighted by atomic mass is 16.7. The van der Waals surface area contributed by atoms with Crippen LogP contribution in [0.4, 0.5) is 0 Å². The maximum Gasteiger partial charge on any atom is 0.227 e. The predicted octanol–water partition coefficient (Wildman–Crippen LogP) is 2.40. The van der Waals surface area contributed by atoms with Crippen LogP contribution in [0.3, 0.4) is 0 Å². The average Bonchev–Trinajstić information content (AvgIpc) is 3.10. The van der Waals surface area contributed by atoms with Crippen LogP contribution in [0, 0.1) is 5.92 Å². The van der Waals surface area contributed by atoms with E-state index in [1.807, 2.05) is 4.90 Å². The SMILES string of the molecule is CCc1ccc(CC(=O)N2CCC[C@@H](C3OCCO3)C2)cc1. The Balaban J connectivity index is 1.56. The molecule has 3 rings (SSSR count). The number of benzene rings is 1. The Bertz CT molecular complexity index is 494. The molecule has 0 bridgehead atoms. The fraction of sp³-hybridized carbons (Fsp3) is 0.611. The summed E-state index contributed by atoms with van der Waals surface area (Å²) in [6, 6.07) is 8.37. The predicted molar refractivity (Wildman–Crippen MR) is 84.5 cm³/mol. The van der Waals surface area contributed by atoms with Crippen LogP contribution in [0.2, 0.25) is 0 Å². The standard InChI is InChI=1S/C18H25NO3/c1-2-14-5-7-15(8-6-14)12-17(20)19-9-3-4-16(13-19)18-21-10-11-22-18/h5-8,16,18H,2-4,9-13H2,1H3/t16-/m1/s1. The largest absolute Gasteiger partial charge is 0.350 e. The lowest BCUT2D eigenvalue weighted by Crippen LogP contribution is -2.44. The van der Waals surface area contributed by atoms with Gasteiger partial charge in [0.05, 0.1) is 19.6 Å². The van der Waals surface area contributed by atoms with Crippen molar-refractivity contribution in [1.29, 1.82) is 0 Å². The Morgan fingerprint density at radius 1 is 1.18 bits per heavy atom. The lowest BCUT2D eigenvalue weighted by atomic mass is 9.96. The molecule has 2 saturated heterocycles. The van der Waals surface area contributed by atoms with Gasteiger partial charge in [0.1, 0.15) is 0 Å². The Labute approximate surface area is 132 Å². The number of amides is 1. The Morgan fingerprint density at radius 3 is 2.55 bits per heavy atom. The normalized spacial score (nSPS) is 23.0. The second-order valence-corrected chi connectivity index (χ2v) is 6.20. The molecule has 4 nitrogen and oxygen atoms in total. The van der Waals surface area contributed by atoms with E-state index in [0.29, 0.717) is 25.6 Å². The number of nitrogens with zero attached hydrogens (tertiary/aromatic N) is 1. The van der Waals surface area contributed by atoms with Crippen molar-refractivity contribution in [1.82, 2.24) is 4.90 Å². The highest BCUT2D eigenvalue weighted by Gasteiger charge is 2.32. The lowest BCUT2D eigenvalue weighted by molar-refractivity contribution is -0.138. The first-order valence-electron chi connectivity index (χ1n) is 8.35. The summed E-state index contributed by atoms with van der Waals surface area (Å²) in [4.78, 5) is 14.5. The summed E-state index contributed by atoms with van der Waals surface area (Å²) in [5, 5.41) is 0. The highest BCUT2D eigenvalue weighted by Crippen LogP contribution is 2.25. The summed E-state index contributed by atoms with van der Waals surface area (Å²) in [6.07, 6.45) is 3.53. The topological polar surface area (TPSA) is 38.8 Å². The van der Waals surface area contributed by atoms with Gasteiger partial charge >= 0.3 is 0 Å². The van der Waals surface area contributed by atoms with Crippen molar-refractivity contribution in [3.63, 3.8) is 0 Å². The molecule has 0 aliphatic carbocycles. The molecule has 0 aromatic heterocycles. The summed E-state index contributed by atoms with van der Waals surface area (Å²) in [6.45, 7) is 5.12. The lowest BCUT2D eigenvalue weighted by Gasteiger charge is -2.34. The van der Waals surface area contributed by atoms with E-state index in [0.717, 1.165) is 37.9 Å². The summed E-state index contributed by atoms with van der Waals surface area (Å²) < 4.78 is 11.2. The molecule has 0 radical (unpaired) electrons. The van der Waals surface area contributed by atoms with Crippen LogP contribution < -0.4 is 0 Å². The average molecular weight is 303 g/mol. The molecule has 0 saturated carbocycles. The number of hydrogen-bond donors (Lipinski definition) is 0. The number of likely N-dealkylation sites (tertiary alicyclic amines) is 1. The van der Waals surface area contributed by atoms with E-state index in [1.54, 1.807) is 0 Å². The molecule has 2 aliphatic heterocycles. The third-order valence-corrected chi connectivity index (χ3v) is 4.63. The van der Waals surface area contributed by atoms with Crippen molar-refractivity contribution in [2.45, 2.75) is 38.9 Å². The Morgan fingerprint density at radius 2 is 1.86 bits per heavy atom. The Hall–Kier alpha value is -1.39. The van der Waals surface area contributed by atoms with Crippen LogP contribution in [0.1, 0.15) is 30.9 Å². The van der Waals surface area contributed by atoms with Gasteiger partial charge < -0.3 is 14.4 Å². The van der Waals surface area contributed by atoms with Crippen molar-refractivity contribution in [3.05, 3.63) is 35.4 Å². The van der Waals surface area contributed by atoms with Gasteiger partial charge in [-0.25, -0.2) is 0 Å². The Kier molecular flexibility index (Phi) is 5.11. The van der Waals surface area contributed by atoms with Crippen molar-refractivity contribution >= 4 is 5.91 Å². The van der Waals surface area contributed by atoms with Gasteiger partial charge in [-0.1, -0.05) is 31.2 Å². The van der Waals surface area contributed by atoms with Gasteiger partial charge in [-0.2, -0.15) is 0 Å². The van der Waals surface area contributed by atoms with E-state index in [2.05, 4.69) is 31.2 Å². The third kappa shape index (κ3) is 3.68. The number of aryl methyl sites for hydroxylation is 1.